The molecule has 0 aromatic heterocycles. The Hall–Kier alpha value is 0.100. The number of carbonyl (C=O) groups is 1. The number of carbonyl (C=O) groups excluding carboxylic acids is 1. The monoisotopic (exact) mass is 268 g/mol. The zero-order chi connectivity index (χ0) is 8.69. The molecule has 0 rings (SSSR count). The average Bonchev–Trinajstić information content (AvgIpc) is 2.03. The number of rotatable bonds is 6. The zero-order valence-corrected chi connectivity index (χ0v) is 8.53. The summed E-state index contributed by atoms with van der Waals surface area (Å²) in [5.74, 6) is -0.0140. The summed E-state index contributed by atoms with van der Waals surface area (Å²) >= 11 is 2.22. The number of alkyl halides is 1. The van der Waals surface area contributed by atoms with Crippen LogP contribution in [0.5, 0.6) is 0 Å². The molecule has 2 atom stereocenters. The van der Waals surface area contributed by atoms with Gasteiger partial charge in [0, 0.05) is 10.3 Å². The molecular formula is C8H13IO2. The maximum Gasteiger partial charge on any atom is 0.123 e. The van der Waals surface area contributed by atoms with E-state index in [1.165, 1.54) is 6.08 Å². The van der Waals surface area contributed by atoms with Crippen molar-refractivity contribution in [2.24, 2.45) is 5.92 Å². The van der Waals surface area contributed by atoms with Crippen LogP contribution in [0.25, 0.3) is 0 Å². The Kier molecular flexibility index (Phi) is 6.85. The van der Waals surface area contributed by atoms with Gasteiger partial charge in [0.25, 0.3) is 0 Å². The topological polar surface area (TPSA) is 37.3 Å². The van der Waals surface area contributed by atoms with Crippen molar-refractivity contribution < 1.29 is 9.90 Å². The van der Waals surface area contributed by atoms with Crippen LogP contribution in [0, 0.1) is 5.92 Å². The maximum absolute atomic E-state index is 10.4. The fourth-order valence-electron chi connectivity index (χ4n) is 0.788. The summed E-state index contributed by atoms with van der Waals surface area (Å²) in [5.41, 5.74) is 0. The fourth-order valence-corrected chi connectivity index (χ4v) is 1.59. The fraction of sp³-hybridized carbons (Fsp3) is 0.625. The third-order valence-corrected chi connectivity index (χ3v) is 2.11. The predicted molar refractivity (Wildman–Crippen MR) is 53.9 cm³/mol. The van der Waals surface area contributed by atoms with Crippen molar-refractivity contribution in [2.45, 2.75) is 18.9 Å². The van der Waals surface area contributed by atoms with Crippen LogP contribution in [0.4, 0.5) is 0 Å². The summed E-state index contributed by atoms with van der Waals surface area (Å²) < 4.78 is 0.949. The quantitative estimate of drug-likeness (QED) is 0.343. The molecule has 0 bridgehead atoms. The summed E-state index contributed by atoms with van der Waals surface area (Å²) in [6.07, 6.45) is 3.19. The molecule has 0 unspecified atom stereocenters. The van der Waals surface area contributed by atoms with Crippen molar-refractivity contribution in [1.29, 1.82) is 0 Å². The van der Waals surface area contributed by atoms with Crippen LogP contribution < -0.4 is 0 Å². The third kappa shape index (κ3) is 5.38. The first-order valence-corrected chi connectivity index (χ1v) is 5.09. The highest BCUT2D eigenvalue weighted by Crippen LogP contribution is 2.10. The number of aliphatic hydroxyl groups is 1. The molecule has 11 heavy (non-hydrogen) atoms. The molecule has 0 saturated heterocycles. The summed E-state index contributed by atoms with van der Waals surface area (Å²) in [5, 5.41) is 9.11. The molecule has 0 aliphatic rings. The molecule has 0 aliphatic carbocycles. The zero-order valence-electron chi connectivity index (χ0n) is 6.37. The lowest BCUT2D eigenvalue weighted by molar-refractivity contribution is -0.111. The van der Waals surface area contributed by atoms with Crippen molar-refractivity contribution in [1.82, 2.24) is 0 Å². The Morgan fingerprint density at radius 3 is 2.64 bits per heavy atom. The van der Waals surface area contributed by atoms with Gasteiger partial charge in [0.1, 0.15) is 6.29 Å². The second-order valence-corrected chi connectivity index (χ2v) is 3.49. The van der Waals surface area contributed by atoms with E-state index < -0.39 is 6.10 Å². The number of hydrogen-bond acceptors (Lipinski definition) is 2. The highest BCUT2D eigenvalue weighted by molar-refractivity contribution is 14.1. The number of hydrogen-bond donors (Lipinski definition) is 1. The van der Waals surface area contributed by atoms with Crippen molar-refractivity contribution in [2.75, 3.05) is 4.43 Å². The molecule has 0 saturated carbocycles. The molecule has 3 heteroatoms. The van der Waals surface area contributed by atoms with Crippen LogP contribution in [0.15, 0.2) is 12.7 Å². The van der Waals surface area contributed by atoms with Gasteiger partial charge < -0.3 is 9.90 Å². The van der Waals surface area contributed by atoms with E-state index in [4.69, 9.17) is 5.11 Å². The molecule has 0 aromatic rings. The smallest absolute Gasteiger partial charge is 0.123 e. The Morgan fingerprint density at radius 2 is 2.27 bits per heavy atom. The van der Waals surface area contributed by atoms with Gasteiger partial charge in [-0.05, 0) is 12.8 Å². The van der Waals surface area contributed by atoms with E-state index >= 15 is 0 Å². The molecule has 0 amide bonds. The Balaban J connectivity index is 3.66. The van der Waals surface area contributed by atoms with Crippen LogP contribution >= 0.6 is 22.6 Å². The van der Waals surface area contributed by atoms with Gasteiger partial charge in [-0.1, -0.05) is 28.7 Å². The first-order chi connectivity index (χ1) is 5.24. The number of aldehydes is 1. The Morgan fingerprint density at radius 1 is 1.64 bits per heavy atom. The Bertz CT molecular complexity index is 125. The predicted octanol–water partition coefficient (Wildman–Crippen LogP) is 1.56. The van der Waals surface area contributed by atoms with Gasteiger partial charge >= 0.3 is 0 Å². The average molecular weight is 268 g/mol. The SMILES string of the molecule is C=C[C@@H](O)C[C@@H](C=O)CCI. The van der Waals surface area contributed by atoms with E-state index in [1.54, 1.807) is 0 Å². The highest BCUT2D eigenvalue weighted by atomic mass is 127. The minimum atomic E-state index is -0.534. The van der Waals surface area contributed by atoms with E-state index in [1.807, 2.05) is 0 Å². The van der Waals surface area contributed by atoms with Crippen LogP contribution in [0.1, 0.15) is 12.8 Å². The molecule has 2 nitrogen and oxygen atoms in total. The number of aliphatic hydroxyl groups excluding tert-OH is 1. The lowest BCUT2D eigenvalue weighted by Crippen LogP contribution is -2.12. The second-order valence-electron chi connectivity index (χ2n) is 2.41. The molecule has 0 fully saturated rings. The first kappa shape index (κ1) is 11.1. The molecular weight excluding hydrogens is 255 g/mol. The van der Waals surface area contributed by atoms with Crippen LogP contribution in [0.3, 0.4) is 0 Å². The van der Waals surface area contributed by atoms with Crippen LogP contribution in [-0.4, -0.2) is 21.9 Å². The van der Waals surface area contributed by atoms with Crippen LogP contribution in [0.2, 0.25) is 0 Å². The van der Waals surface area contributed by atoms with E-state index in [-0.39, 0.29) is 5.92 Å². The molecule has 0 heterocycles. The summed E-state index contributed by atoms with van der Waals surface area (Å²) in [6, 6.07) is 0. The van der Waals surface area contributed by atoms with E-state index in [2.05, 4.69) is 29.2 Å². The van der Waals surface area contributed by atoms with Gasteiger partial charge in [-0.15, -0.1) is 6.58 Å². The van der Waals surface area contributed by atoms with E-state index in [0.29, 0.717) is 6.42 Å². The standard InChI is InChI=1S/C8H13IO2/c1-2-8(11)5-7(6-10)3-4-9/h2,6-8,11H,1,3-5H2/t7-,8+/m0/s1. The molecule has 1 N–H and O–H groups in total. The van der Waals surface area contributed by atoms with E-state index in [0.717, 1.165) is 17.1 Å². The molecule has 0 radical (unpaired) electrons. The lowest BCUT2D eigenvalue weighted by Gasteiger charge is -2.10. The maximum atomic E-state index is 10.4. The number of halogens is 1. The van der Waals surface area contributed by atoms with Crippen LogP contribution in [-0.2, 0) is 4.79 Å². The Labute approximate surface area is 80.8 Å². The van der Waals surface area contributed by atoms with Crippen molar-refractivity contribution >= 4 is 28.9 Å². The highest BCUT2D eigenvalue weighted by Gasteiger charge is 2.09. The first-order valence-electron chi connectivity index (χ1n) is 3.56. The lowest BCUT2D eigenvalue weighted by atomic mass is 10.0. The van der Waals surface area contributed by atoms with Crippen molar-refractivity contribution in [3.8, 4) is 0 Å². The summed E-state index contributed by atoms with van der Waals surface area (Å²) in [4.78, 5) is 10.4. The van der Waals surface area contributed by atoms with Gasteiger partial charge in [-0.3, -0.25) is 0 Å². The third-order valence-electron chi connectivity index (χ3n) is 1.49. The van der Waals surface area contributed by atoms with Gasteiger partial charge in [-0.25, -0.2) is 0 Å². The van der Waals surface area contributed by atoms with Gasteiger partial charge in [-0.2, -0.15) is 0 Å². The molecule has 0 spiro atoms. The summed E-state index contributed by atoms with van der Waals surface area (Å²) in [6.45, 7) is 3.44. The van der Waals surface area contributed by atoms with Gasteiger partial charge in [0.15, 0.2) is 0 Å². The second kappa shape index (κ2) is 6.79. The largest absolute Gasteiger partial charge is 0.389 e. The molecule has 0 aliphatic heterocycles. The minimum absolute atomic E-state index is 0.0140. The molecule has 0 aromatic carbocycles. The normalized spacial score (nSPS) is 15.5. The minimum Gasteiger partial charge on any atom is -0.389 e. The van der Waals surface area contributed by atoms with Crippen molar-refractivity contribution in [3.63, 3.8) is 0 Å². The molecule has 64 valence electrons. The van der Waals surface area contributed by atoms with Crippen molar-refractivity contribution in [3.05, 3.63) is 12.7 Å². The summed E-state index contributed by atoms with van der Waals surface area (Å²) in [7, 11) is 0. The van der Waals surface area contributed by atoms with Gasteiger partial charge in [0.2, 0.25) is 0 Å². The van der Waals surface area contributed by atoms with E-state index in [9.17, 15) is 4.79 Å². The van der Waals surface area contributed by atoms with Gasteiger partial charge in [0.05, 0.1) is 6.10 Å².